The molecular weight excluding hydrogens is 378 g/mol. The molecule has 1 N–H and O–H groups in total. The summed E-state index contributed by atoms with van der Waals surface area (Å²) in [6.07, 6.45) is 4.09. The molecule has 0 fully saturated rings. The number of hydrogen-bond acceptors (Lipinski definition) is 4. The van der Waals surface area contributed by atoms with Gasteiger partial charge in [0, 0.05) is 18.5 Å². The lowest BCUT2D eigenvalue weighted by molar-refractivity contribution is -0.116. The van der Waals surface area contributed by atoms with Crippen LogP contribution in [0.3, 0.4) is 0 Å². The van der Waals surface area contributed by atoms with Gasteiger partial charge >= 0.3 is 0 Å². The zero-order valence-electron chi connectivity index (χ0n) is 16.0. The maximum atomic E-state index is 12.2. The minimum Gasteiger partial charge on any atom is -0.493 e. The van der Waals surface area contributed by atoms with Crippen molar-refractivity contribution in [1.82, 2.24) is 5.32 Å². The number of fused-ring (bicyclic) bond motifs is 1. The molecule has 6 heteroatoms. The van der Waals surface area contributed by atoms with Crippen LogP contribution in [0.2, 0.25) is 5.02 Å². The molecule has 148 valence electrons. The fourth-order valence-corrected chi connectivity index (χ4v) is 3.44. The van der Waals surface area contributed by atoms with Crippen LogP contribution in [0.5, 0.6) is 17.2 Å². The molecule has 0 spiro atoms. The molecule has 28 heavy (non-hydrogen) atoms. The van der Waals surface area contributed by atoms with Crippen LogP contribution in [0.4, 0.5) is 0 Å². The molecule has 2 aromatic rings. The molecule has 5 nitrogen and oxygen atoms in total. The van der Waals surface area contributed by atoms with Gasteiger partial charge in [-0.3, -0.25) is 4.79 Å². The quantitative estimate of drug-likeness (QED) is 0.709. The molecule has 1 aliphatic heterocycles. The molecule has 0 saturated heterocycles. The highest BCUT2D eigenvalue weighted by molar-refractivity contribution is 6.32. The Morgan fingerprint density at radius 1 is 1.36 bits per heavy atom. The van der Waals surface area contributed by atoms with Crippen LogP contribution in [-0.4, -0.2) is 32.8 Å². The van der Waals surface area contributed by atoms with Gasteiger partial charge in [0.05, 0.1) is 25.3 Å². The Morgan fingerprint density at radius 3 is 2.96 bits per heavy atom. The van der Waals surface area contributed by atoms with Crippen molar-refractivity contribution in [3.8, 4) is 17.2 Å². The summed E-state index contributed by atoms with van der Waals surface area (Å²) in [7, 11) is 1.54. The summed E-state index contributed by atoms with van der Waals surface area (Å²) < 4.78 is 16.6. The van der Waals surface area contributed by atoms with Crippen LogP contribution in [0, 0.1) is 5.92 Å². The Labute approximate surface area is 170 Å². The summed E-state index contributed by atoms with van der Waals surface area (Å²) in [5.41, 5.74) is 1.94. The number of hydrogen-bond donors (Lipinski definition) is 1. The first-order valence-electron chi connectivity index (χ1n) is 9.27. The molecule has 1 unspecified atom stereocenters. The van der Waals surface area contributed by atoms with E-state index >= 15 is 0 Å². The first-order valence-corrected chi connectivity index (χ1v) is 9.65. The van der Waals surface area contributed by atoms with Gasteiger partial charge in [-0.25, -0.2) is 0 Å². The lowest BCUT2D eigenvalue weighted by Crippen LogP contribution is -2.33. The van der Waals surface area contributed by atoms with Gasteiger partial charge in [0.2, 0.25) is 5.91 Å². The summed E-state index contributed by atoms with van der Waals surface area (Å²) in [6, 6.07) is 11.5. The number of methoxy groups -OCH3 is 1. The third-order valence-corrected chi connectivity index (χ3v) is 4.76. The van der Waals surface area contributed by atoms with E-state index < -0.39 is 0 Å². The topological polar surface area (TPSA) is 56.8 Å². The Kier molecular flexibility index (Phi) is 6.82. The maximum absolute atomic E-state index is 12.2. The van der Waals surface area contributed by atoms with E-state index in [9.17, 15) is 4.79 Å². The predicted octanol–water partition coefficient (Wildman–Crippen LogP) is 4.13. The number of rotatable bonds is 7. The molecule has 2 aromatic carbocycles. The number of carbonyl (C=O) groups excluding carboxylic acids is 1. The van der Waals surface area contributed by atoms with Gasteiger partial charge < -0.3 is 19.5 Å². The predicted molar refractivity (Wildman–Crippen MR) is 110 cm³/mol. The van der Waals surface area contributed by atoms with Crippen LogP contribution < -0.4 is 19.5 Å². The summed E-state index contributed by atoms with van der Waals surface area (Å²) >= 11 is 6.24. The summed E-state index contributed by atoms with van der Waals surface area (Å²) in [5.74, 6) is 2.07. The van der Waals surface area contributed by atoms with Crippen LogP contribution in [-0.2, 0) is 11.2 Å². The summed E-state index contributed by atoms with van der Waals surface area (Å²) in [4.78, 5) is 12.2. The van der Waals surface area contributed by atoms with Crippen LogP contribution in [0.1, 0.15) is 18.1 Å². The van der Waals surface area contributed by atoms with Crippen molar-refractivity contribution in [2.45, 2.75) is 13.3 Å². The Bertz CT molecular complexity index is 866. The van der Waals surface area contributed by atoms with E-state index in [0.717, 1.165) is 17.7 Å². The lowest BCUT2D eigenvalue weighted by Gasteiger charge is -2.25. The molecule has 0 saturated carbocycles. The monoisotopic (exact) mass is 401 g/mol. The second kappa shape index (κ2) is 9.51. The molecule has 3 rings (SSSR count). The van der Waals surface area contributed by atoms with Crippen molar-refractivity contribution in [3.05, 3.63) is 58.6 Å². The van der Waals surface area contributed by atoms with Crippen molar-refractivity contribution < 1.29 is 19.0 Å². The third kappa shape index (κ3) is 4.98. The van der Waals surface area contributed by atoms with Crippen molar-refractivity contribution in [3.63, 3.8) is 0 Å². The highest BCUT2D eigenvalue weighted by Crippen LogP contribution is 2.36. The number of para-hydroxylation sites is 1. The third-order valence-electron chi connectivity index (χ3n) is 4.48. The average Bonchev–Trinajstić information content (AvgIpc) is 2.70. The van der Waals surface area contributed by atoms with Crippen LogP contribution in [0.15, 0.2) is 42.5 Å². The Morgan fingerprint density at radius 2 is 2.18 bits per heavy atom. The molecular formula is C22H24ClNO4. The van der Waals surface area contributed by atoms with Gasteiger partial charge in [0.25, 0.3) is 0 Å². The molecule has 0 aliphatic carbocycles. The van der Waals surface area contributed by atoms with Crippen molar-refractivity contribution in [2.75, 3.05) is 26.9 Å². The Balaban J connectivity index is 1.57. The van der Waals surface area contributed by atoms with Crippen molar-refractivity contribution >= 4 is 23.6 Å². The van der Waals surface area contributed by atoms with Crippen LogP contribution in [0.25, 0.3) is 6.08 Å². The zero-order chi connectivity index (χ0) is 19.9. The van der Waals surface area contributed by atoms with Gasteiger partial charge in [0.1, 0.15) is 5.75 Å². The number of amides is 1. The first-order chi connectivity index (χ1) is 13.6. The van der Waals surface area contributed by atoms with Gasteiger partial charge in [0.15, 0.2) is 11.5 Å². The molecule has 0 radical (unpaired) electrons. The molecule has 1 atom stereocenters. The van der Waals surface area contributed by atoms with Gasteiger partial charge in [-0.05, 0) is 48.7 Å². The smallest absolute Gasteiger partial charge is 0.244 e. The van der Waals surface area contributed by atoms with Crippen LogP contribution >= 0.6 is 11.6 Å². The standard InChI is InChI=1S/C22H24ClNO4/c1-3-27-20-12-15(11-18(23)22(20)26-2)8-9-21(25)24-13-16-10-17-6-4-5-7-19(17)28-14-16/h4-9,11-12,16H,3,10,13-14H2,1-2H3,(H,24,25)/b9-8+. The van der Waals surface area contributed by atoms with Gasteiger partial charge in [-0.15, -0.1) is 0 Å². The Hall–Kier alpha value is -2.66. The fourth-order valence-electron chi connectivity index (χ4n) is 3.14. The number of benzene rings is 2. The highest BCUT2D eigenvalue weighted by Gasteiger charge is 2.19. The minimum atomic E-state index is -0.163. The normalized spacial score (nSPS) is 15.6. The van der Waals surface area contributed by atoms with Crippen molar-refractivity contribution in [1.29, 1.82) is 0 Å². The van der Waals surface area contributed by atoms with E-state index in [4.69, 9.17) is 25.8 Å². The van der Waals surface area contributed by atoms with Gasteiger partial charge in [-0.1, -0.05) is 29.8 Å². The second-order valence-corrected chi connectivity index (χ2v) is 6.94. The fraction of sp³-hybridized carbons (Fsp3) is 0.318. The SMILES string of the molecule is CCOc1cc(/C=C/C(=O)NCC2COc3ccccc3C2)cc(Cl)c1OC. The molecule has 1 aliphatic rings. The molecule has 0 bridgehead atoms. The van der Waals surface area contributed by atoms with E-state index in [0.29, 0.717) is 36.3 Å². The highest BCUT2D eigenvalue weighted by atomic mass is 35.5. The zero-order valence-corrected chi connectivity index (χ0v) is 16.8. The van der Waals surface area contributed by atoms with E-state index in [1.807, 2.05) is 25.1 Å². The van der Waals surface area contributed by atoms with Gasteiger partial charge in [-0.2, -0.15) is 0 Å². The maximum Gasteiger partial charge on any atom is 0.244 e. The molecule has 1 amide bonds. The van der Waals surface area contributed by atoms with E-state index in [-0.39, 0.29) is 11.8 Å². The number of ether oxygens (including phenoxy) is 3. The summed E-state index contributed by atoms with van der Waals surface area (Å²) in [6.45, 7) is 3.54. The molecule has 0 aromatic heterocycles. The van der Waals surface area contributed by atoms with Crippen molar-refractivity contribution in [2.24, 2.45) is 5.92 Å². The second-order valence-electron chi connectivity index (χ2n) is 6.53. The number of halogens is 1. The minimum absolute atomic E-state index is 0.163. The van der Waals surface area contributed by atoms with E-state index in [1.54, 1.807) is 25.3 Å². The summed E-state index contributed by atoms with van der Waals surface area (Å²) in [5, 5.41) is 3.37. The largest absolute Gasteiger partial charge is 0.493 e. The number of nitrogens with one attached hydrogen (secondary N) is 1. The van der Waals surface area contributed by atoms with E-state index in [1.165, 1.54) is 11.6 Å². The first kappa shape index (κ1) is 20.1. The van der Waals surface area contributed by atoms with E-state index in [2.05, 4.69) is 11.4 Å². The lowest BCUT2D eigenvalue weighted by atomic mass is 9.97. The molecule has 1 heterocycles. The number of carbonyl (C=O) groups is 1. The average molecular weight is 402 g/mol.